The van der Waals surface area contributed by atoms with Gasteiger partial charge in [0.05, 0.1) is 0 Å². The van der Waals surface area contributed by atoms with Crippen LogP contribution in [0.1, 0.15) is 0 Å². The van der Waals surface area contributed by atoms with Gasteiger partial charge in [-0.25, -0.2) is 14.3 Å². The third-order valence-corrected chi connectivity index (χ3v) is 4.02. The first kappa shape index (κ1) is 15.4. The molecule has 0 saturated carbocycles. The Morgan fingerprint density at radius 2 is 1.86 bits per heavy atom. The fraction of sp³-hybridized carbons (Fsp3) is 0.500. The smallest absolute Gasteiger partial charge is 0.332 e. The van der Waals surface area contributed by atoms with Gasteiger partial charge in [0.2, 0.25) is 5.91 Å². The number of aromatic nitrogens is 4. The molecule has 1 amide bonds. The molecule has 0 unspecified atom stereocenters. The number of fused-ring (bicyclic) bond motifs is 1. The van der Waals surface area contributed by atoms with Gasteiger partial charge in [0.25, 0.3) is 5.56 Å². The van der Waals surface area contributed by atoms with Crippen molar-refractivity contribution in [2.75, 3.05) is 20.4 Å². The number of imidazole rings is 1. The SMILES string of the molecule is CSc1nc2c(c(=O)n(CC(=O)N(C)C)c(=O)n2C)n1C. The van der Waals surface area contributed by atoms with Crippen molar-refractivity contribution in [3.63, 3.8) is 0 Å². The van der Waals surface area contributed by atoms with Crippen molar-refractivity contribution in [1.82, 2.24) is 23.6 Å². The van der Waals surface area contributed by atoms with Gasteiger partial charge in [-0.1, -0.05) is 11.8 Å². The molecular formula is C12H17N5O3S. The second kappa shape index (κ2) is 5.40. The molecule has 2 aromatic heterocycles. The largest absolute Gasteiger partial charge is 0.347 e. The number of aryl methyl sites for hydroxylation is 2. The fourth-order valence-corrected chi connectivity index (χ4v) is 2.57. The molecule has 0 aliphatic carbocycles. The Labute approximate surface area is 125 Å². The Morgan fingerprint density at radius 1 is 1.24 bits per heavy atom. The van der Waals surface area contributed by atoms with Gasteiger partial charge in [0.1, 0.15) is 6.54 Å². The van der Waals surface area contributed by atoms with Crippen LogP contribution in [-0.4, -0.2) is 49.8 Å². The van der Waals surface area contributed by atoms with E-state index < -0.39 is 11.2 Å². The number of thioether (sulfide) groups is 1. The van der Waals surface area contributed by atoms with Gasteiger partial charge in [-0.2, -0.15) is 0 Å². The highest BCUT2D eigenvalue weighted by molar-refractivity contribution is 7.98. The number of amides is 1. The van der Waals surface area contributed by atoms with Gasteiger partial charge in [0, 0.05) is 28.2 Å². The second-order valence-electron chi connectivity index (χ2n) is 4.85. The predicted octanol–water partition coefficient (Wildman–Crippen LogP) is -0.756. The molecule has 0 radical (unpaired) electrons. The molecule has 8 nitrogen and oxygen atoms in total. The van der Waals surface area contributed by atoms with Crippen molar-refractivity contribution in [2.45, 2.75) is 11.7 Å². The molecule has 0 N–H and O–H groups in total. The maximum absolute atomic E-state index is 12.5. The molecule has 9 heteroatoms. The number of rotatable bonds is 3. The van der Waals surface area contributed by atoms with Crippen LogP contribution in [0, 0.1) is 0 Å². The van der Waals surface area contributed by atoms with Crippen LogP contribution < -0.4 is 11.2 Å². The first-order valence-electron chi connectivity index (χ1n) is 6.20. The number of hydrogen-bond donors (Lipinski definition) is 0. The molecule has 2 heterocycles. The van der Waals surface area contributed by atoms with E-state index in [1.165, 1.54) is 28.3 Å². The Balaban J connectivity index is 2.79. The minimum Gasteiger partial charge on any atom is -0.347 e. The quantitative estimate of drug-likeness (QED) is 0.696. The second-order valence-corrected chi connectivity index (χ2v) is 5.62. The van der Waals surface area contributed by atoms with Crippen LogP contribution in [-0.2, 0) is 25.4 Å². The van der Waals surface area contributed by atoms with Crippen LogP contribution in [0.25, 0.3) is 11.2 Å². The lowest BCUT2D eigenvalue weighted by atomic mass is 10.4. The van der Waals surface area contributed by atoms with Crippen LogP contribution in [0.4, 0.5) is 0 Å². The van der Waals surface area contributed by atoms with Crippen molar-refractivity contribution in [3.05, 3.63) is 20.8 Å². The molecule has 0 fully saturated rings. The van der Waals surface area contributed by atoms with Gasteiger partial charge in [-0.3, -0.25) is 14.2 Å². The van der Waals surface area contributed by atoms with E-state index in [1.807, 2.05) is 6.26 Å². The van der Waals surface area contributed by atoms with Gasteiger partial charge in [-0.05, 0) is 6.26 Å². The van der Waals surface area contributed by atoms with Crippen LogP contribution >= 0.6 is 11.8 Å². The van der Waals surface area contributed by atoms with Crippen LogP contribution in [0.5, 0.6) is 0 Å². The molecule has 2 aromatic rings. The molecule has 0 aliphatic rings. The van der Waals surface area contributed by atoms with E-state index in [1.54, 1.807) is 25.7 Å². The molecule has 0 bridgehead atoms. The number of carbonyl (C=O) groups is 1. The standard InChI is InChI=1S/C12H17N5O3S/c1-14(2)7(18)6-17-10(19)8-9(16(4)12(17)20)13-11(21-5)15(8)3/h6H2,1-5H3. The Hall–Kier alpha value is -2.03. The van der Waals surface area contributed by atoms with Gasteiger partial charge in [-0.15, -0.1) is 0 Å². The summed E-state index contributed by atoms with van der Waals surface area (Å²) in [5, 5.41) is 0.633. The average molecular weight is 311 g/mol. The summed E-state index contributed by atoms with van der Waals surface area (Å²) in [5.74, 6) is -0.319. The van der Waals surface area contributed by atoms with E-state index in [4.69, 9.17) is 0 Å². The van der Waals surface area contributed by atoms with E-state index >= 15 is 0 Å². The summed E-state index contributed by atoms with van der Waals surface area (Å²) < 4.78 is 3.87. The highest BCUT2D eigenvalue weighted by atomic mass is 32.2. The zero-order valence-corrected chi connectivity index (χ0v) is 13.4. The van der Waals surface area contributed by atoms with Crippen molar-refractivity contribution in [2.24, 2.45) is 14.1 Å². The molecule has 0 saturated heterocycles. The summed E-state index contributed by atoms with van der Waals surface area (Å²) in [6, 6.07) is 0. The molecule has 114 valence electrons. The van der Waals surface area contributed by atoms with Gasteiger partial charge < -0.3 is 9.47 Å². The normalized spacial score (nSPS) is 11.1. The molecule has 0 atom stereocenters. The maximum atomic E-state index is 12.5. The monoisotopic (exact) mass is 311 g/mol. The third kappa shape index (κ3) is 2.37. The molecule has 2 rings (SSSR count). The topological polar surface area (TPSA) is 82.1 Å². The zero-order chi connectivity index (χ0) is 15.9. The molecule has 0 spiro atoms. The van der Waals surface area contributed by atoms with Crippen molar-refractivity contribution < 1.29 is 4.79 Å². The van der Waals surface area contributed by atoms with Crippen LogP contribution in [0.15, 0.2) is 14.7 Å². The maximum Gasteiger partial charge on any atom is 0.332 e. The summed E-state index contributed by atoms with van der Waals surface area (Å²) in [7, 11) is 6.40. The Bertz CT molecular complexity index is 830. The summed E-state index contributed by atoms with van der Waals surface area (Å²) in [6.45, 7) is -0.284. The van der Waals surface area contributed by atoms with Gasteiger partial charge >= 0.3 is 5.69 Å². The van der Waals surface area contributed by atoms with Crippen LogP contribution in [0.3, 0.4) is 0 Å². The number of nitrogens with zero attached hydrogens (tertiary/aromatic N) is 5. The minimum atomic E-state index is -0.548. The highest BCUT2D eigenvalue weighted by Crippen LogP contribution is 2.16. The number of likely N-dealkylation sites (N-methyl/N-ethyl adjacent to an activating group) is 1. The lowest BCUT2D eigenvalue weighted by molar-refractivity contribution is -0.129. The lowest BCUT2D eigenvalue weighted by Gasteiger charge is -2.12. The summed E-state index contributed by atoms with van der Waals surface area (Å²) in [4.78, 5) is 42.2. The van der Waals surface area contributed by atoms with E-state index in [2.05, 4.69) is 4.98 Å². The molecule has 21 heavy (non-hydrogen) atoms. The fourth-order valence-electron chi connectivity index (χ4n) is 2.02. The summed E-state index contributed by atoms with van der Waals surface area (Å²) >= 11 is 1.38. The van der Waals surface area contributed by atoms with Crippen molar-refractivity contribution in [3.8, 4) is 0 Å². The van der Waals surface area contributed by atoms with E-state index in [-0.39, 0.29) is 12.5 Å². The summed E-state index contributed by atoms with van der Waals surface area (Å²) in [5.41, 5.74) is -0.412. The first-order valence-corrected chi connectivity index (χ1v) is 7.42. The molecule has 0 aliphatic heterocycles. The van der Waals surface area contributed by atoms with E-state index in [9.17, 15) is 14.4 Å². The Morgan fingerprint density at radius 3 is 2.38 bits per heavy atom. The van der Waals surface area contributed by atoms with Gasteiger partial charge in [0.15, 0.2) is 16.3 Å². The zero-order valence-electron chi connectivity index (χ0n) is 12.6. The molecular weight excluding hydrogens is 294 g/mol. The van der Waals surface area contributed by atoms with Crippen LogP contribution in [0.2, 0.25) is 0 Å². The van der Waals surface area contributed by atoms with Crippen molar-refractivity contribution in [1.29, 1.82) is 0 Å². The Kier molecular flexibility index (Phi) is 3.95. The lowest BCUT2D eigenvalue weighted by Crippen LogP contribution is -2.43. The first-order chi connectivity index (χ1) is 9.79. The highest BCUT2D eigenvalue weighted by Gasteiger charge is 2.19. The van der Waals surface area contributed by atoms with E-state index in [0.29, 0.717) is 16.3 Å². The predicted molar refractivity (Wildman–Crippen MR) is 80.7 cm³/mol. The molecule has 0 aromatic carbocycles. The number of hydrogen-bond acceptors (Lipinski definition) is 5. The minimum absolute atomic E-state index is 0.284. The average Bonchev–Trinajstić information content (AvgIpc) is 2.78. The summed E-state index contributed by atoms with van der Waals surface area (Å²) in [6.07, 6.45) is 1.84. The van der Waals surface area contributed by atoms with Crippen molar-refractivity contribution >= 4 is 28.8 Å². The van der Waals surface area contributed by atoms with E-state index in [0.717, 1.165) is 4.57 Å². The third-order valence-electron chi connectivity index (χ3n) is 3.29. The number of carbonyl (C=O) groups excluding carboxylic acids is 1.